The van der Waals surface area contributed by atoms with E-state index in [2.05, 4.69) is 0 Å². The molecule has 1 atom stereocenters. The number of carbonyl (C=O) groups is 2. The van der Waals surface area contributed by atoms with Gasteiger partial charge >= 0.3 is 6.09 Å². The molecule has 0 unspecified atom stereocenters. The number of hydrogen-bond acceptors (Lipinski definition) is 3. The van der Waals surface area contributed by atoms with Gasteiger partial charge in [-0.05, 0) is 26.3 Å². The number of amides is 2. The summed E-state index contributed by atoms with van der Waals surface area (Å²) in [6, 6.07) is 9.78. The van der Waals surface area contributed by atoms with Crippen molar-refractivity contribution >= 4 is 12.0 Å². The molecule has 1 saturated heterocycles. The van der Waals surface area contributed by atoms with Gasteiger partial charge in [-0.15, -0.1) is 0 Å². The highest BCUT2D eigenvalue weighted by Gasteiger charge is 2.36. The number of imide groups is 1. The van der Waals surface area contributed by atoms with Gasteiger partial charge in [-0.2, -0.15) is 0 Å². The zero-order chi connectivity index (χ0) is 14.0. The summed E-state index contributed by atoms with van der Waals surface area (Å²) in [4.78, 5) is 25.1. The Morgan fingerprint density at radius 2 is 1.89 bits per heavy atom. The summed E-state index contributed by atoms with van der Waals surface area (Å²) in [5, 5.41) is 0. The Morgan fingerprint density at radius 3 is 2.47 bits per heavy atom. The smallest absolute Gasteiger partial charge is 0.417 e. The van der Waals surface area contributed by atoms with E-state index in [0.717, 1.165) is 5.56 Å². The number of benzene rings is 1. The number of likely N-dealkylation sites (tertiary alicyclic amines) is 1. The molecule has 0 saturated carbocycles. The molecule has 0 aliphatic carbocycles. The third-order valence-electron chi connectivity index (χ3n) is 3.01. The first-order chi connectivity index (χ1) is 8.87. The van der Waals surface area contributed by atoms with Crippen molar-refractivity contribution < 1.29 is 14.3 Å². The maximum atomic E-state index is 11.9. The second-order valence-electron chi connectivity index (χ2n) is 5.80. The second-order valence-corrected chi connectivity index (χ2v) is 5.80. The molecule has 102 valence electrons. The van der Waals surface area contributed by atoms with Crippen LogP contribution in [0.2, 0.25) is 0 Å². The maximum Gasteiger partial charge on any atom is 0.417 e. The number of nitrogens with zero attached hydrogens (tertiary/aromatic N) is 1. The zero-order valence-corrected chi connectivity index (χ0v) is 11.6. The molecule has 2 rings (SSSR count). The Morgan fingerprint density at radius 1 is 1.26 bits per heavy atom. The van der Waals surface area contributed by atoms with Crippen molar-refractivity contribution in [1.29, 1.82) is 0 Å². The van der Waals surface area contributed by atoms with Gasteiger partial charge in [-0.25, -0.2) is 9.69 Å². The molecular weight excluding hydrogens is 242 g/mol. The van der Waals surface area contributed by atoms with Crippen molar-refractivity contribution in [3.05, 3.63) is 35.9 Å². The van der Waals surface area contributed by atoms with Crippen molar-refractivity contribution in [2.24, 2.45) is 0 Å². The van der Waals surface area contributed by atoms with Crippen LogP contribution >= 0.6 is 0 Å². The molecule has 1 aromatic rings. The van der Waals surface area contributed by atoms with Crippen LogP contribution in [0.5, 0.6) is 0 Å². The van der Waals surface area contributed by atoms with E-state index in [4.69, 9.17) is 4.74 Å². The third kappa shape index (κ3) is 3.34. The fourth-order valence-corrected chi connectivity index (χ4v) is 2.15. The van der Waals surface area contributed by atoms with E-state index in [1.165, 1.54) is 4.90 Å². The predicted molar refractivity (Wildman–Crippen MR) is 71.7 cm³/mol. The van der Waals surface area contributed by atoms with Crippen LogP contribution in [0, 0.1) is 0 Å². The Hall–Kier alpha value is -1.84. The number of ether oxygens (including phenoxy) is 1. The second kappa shape index (κ2) is 5.03. The Bertz CT molecular complexity index is 476. The van der Waals surface area contributed by atoms with E-state index < -0.39 is 11.7 Å². The summed E-state index contributed by atoms with van der Waals surface area (Å²) in [6.07, 6.45) is -0.181. The van der Waals surface area contributed by atoms with Crippen molar-refractivity contribution in [2.75, 3.05) is 6.54 Å². The summed E-state index contributed by atoms with van der Waals surface area (Å²) >= 11 is 0. The largest absolute Gasteiger partial charge is 0.443 e. The third-order valence-corrected chi connectivity index (χ3v) is 3.01. The quantitative estimate of drug-likeness (QED) is 0.780. The summed E-state index contributed by atoms with van der Waals surface area (Å²) < 4.78 is 5.24. The number of rotatable bonds is 1. The van der Waals surface area contributed by atoms with Crippen molar-refractivity contribution in [3.8, 4) is 0 Å². The SMILES string of the molecule is CC(C)(C)OC(=O)N1C[C@@H](c2ccccc2)CC1=O. The minimum atomic E-state index is -0.581. The van der Waals surface area contributed by atoms with E-state index in [1.54, 1.807) is 20.8 Å². The standard InChI is InChI=1S/C15H19NO3/c1-15(2,3)19-14(18)16-10-12(9-13(16)17)11-7-5-4-6-8-11/h4-8,12H,9-10H2,1-3H3/t12-/m0/s1. The Balaban J connectivity index is 2.06. The van der Waals surface area contributed by atoms with E-state index in [0.29, 0.717) is 13.0 Å². The molecule has 0 spiro atoms. The average Bonchev–Trinajstić information content (AvgIpc) is 2.70. The van der Waals surface area contributed by atoms with Gasteiger partial charge in [0.05, 0.1) is 0 Å². The van der Waals surface area contributed by atoms with Crippen molar-refractivity contribution in [3.63, 3.8) is 0 Å². The van der Waals surface area contributed by atoms with E-state index in [1.807, 2.05) is 30.3 Å². The van der Waals surface area contributed by atoms with Crippen LogP contribution in [0.15, 0.2) is 30.3 Å². The summed E-state index contributed by atoms with van der Waals surface area (Å²) in [6.45, 7) is 5.78. The molecule has 2 amide bonds. The van der Waals surface area contributed by atoms with Crippen molar-refractivity contribution in [2.45, 2.75) is 38.7 Å². The van der Waals surface area contributed by atoms with E-state index in [-0.39, 0.29) is 11.8 Å². The molecule has 4 nitrogen and oxygen atoms in total. The van der Waals surface area contributed by atoms with Gasteiger partial charge in [0.1, 0.15) is 5.60 Å². The fraction of sp³-hybridized carbons (Fsp3) is 0.467. The minimum Gasteiger partial charge on any atom is -0.443 e. The molecule has 19 heavy (non-hydrogen) atoms. The van der Waals surface area contributed by atoms with Gasteiger partial charge in [0, 0.05) is 18.9 Å². The summed E-state index contributed by atoms with van der Waals surface area (Å²) in [5.74, 6) is -0.0932. The highest BCUT2D eigenvalue weighted by molar-refractivity contribution is 5.94. The molecule has 1 heterocycles. The van der Waals surface area contributed by atoms with Crippen LogP contribution in [0.4, 0.5) is 4.79 Å². The molecular formula is C15H19NO3. The number of hydrogen-bond donors (Lipinski definition) is 0. The van der Waals surface area contributed by atoms with Crippen LogP contribution in [0.3, 0.4) is 0 Å². The first-order valence-electron chi connectivity index (χ1n) is 6.45. The normalized spacial score (nSPS) is 19.6. The molecule has 1 aliphatic rings. The van der Waals surface area contributed by atoms with Crippen molar-refractivity contribution in [1.82, 2.24) is 4.90 Å². The minimum absolute atomic E-state index is 0.0706. The Labute approximate surface area is 113 Å². The van der Waals surface area contributed by atoms with Gasteiger partial charge in [0.15, 0.2) is 0 Å². The monoisotopic (exact) mass is 261 g/mol. The highest BCUT2D eigenvalue weighted by Crippen LogP contribution is 2.28. The lowest BCUT2D eigenvalue weighted by molar-refractivity contribution is -0.126. The summed E-state index contributed by atoms with van der Waals surface area (Å²) in [5.41, 5.74) is 0.504. The predicted octanol–water partition coefficient (Wildman–Crippen LogP) is 2.94. The Kier molecular flexibility index (Phi) is 3.60. The van der Waals surface area contributed by atoms with Crippen LogP contribution < -0.4 is 0 Å². The van der Waals surface area contributed by atoms with Crippen LogP contribution in [0.1, 0.15) is 38.7 Å². The van der Waals surface area contributed by atoms with Gasteiger partial charge in [0.25, 0.3) is 0 Å². The van der Waals surface area contributed by atoms with Gasteiger partial charge in [-0.3, -0.25) is 4.79 Å². The van der Waals surface area contributed by atoms with Crippen LogP contribution in [-0.2, 0) is 9.53 Å². The summed E-state index contributed by atoms with van der Waals surface area (Å²) in [7, 11) is 0. The topological polar surface area (TPSA) is 46.6 Å². The molecule has 1 aliphatic heterocycles. The van der Waals surface area contributed by atoms with Crippen LogP contribution in [0.25, 0.3) is 0 Å². The van der Waals surface area contributed by atoms with Gasteiger partial charge < -0.3 is 4.74 Å². The molecule has 0 bridgehead atoms. The van der Waals surface area contributed by atoms with E-state index in [9.17, 15) is 9.59 Å². The molecule has 1 aromatic carbocycles. The van der Waals surface area contributed by atoms with Gasteiger partial charge in [-0.1, -0.05) is 30.3 Å². The highest BCUT2D eigenvalue weighted by atomic mass is 16.6. The molecule has 4 heteroatoms. The molecule has 1 fully saturated rings. The maximum absolute atomic E-state index is 11.9. The van der Waals surface area contributed by atoms with Crippen LogP contribution in [-0.4, -0.2) is 29.0 Å². The molecule has 0 aromatic heterocycles. The molecule has 0 N–H and O–H groups in total. The lowest BCUT2D eigenvalue weighted by Gasteiger charge is -2.23. The first kappa shape index (κ1) is 13.6. The zero-order valence-electron chi connectivity index (χ0n) is 11.6. The van der Waals surface area contributed by atoms with E-state index >= 15 is 0 Å². The average molecular weight is 261 g/mol. The lowest BCUT2D eigenvalue weighted by atomic mass is 9.99. The molecule has 0 radical (unpaired) electrons. The fourth-order valence-electron chi connectivity index (χ4n) is 2.15. The number of carbonyl (C=O) groups excluding carboxylic acids is 2. The first-order valence-corrected chi connectivity index (χ1v) is 6.45. The van der Waals surface area contributed by atoms with Gasteiger partial charge in [0.2, 0.25) is 5.91 Å². The lowest BCUT2D eigenvalue weighted by Crippen LogP contribution is -2.37.